The average molecular weight is 461 g/mol. The number of amides is 1. The molecule has 1 fully saturated rings. The molecule has 9 heteroatoms. The summed E-state index contributed by atoms with van der Waals surface area (Å²) >= 11 is 0. The molecule has 1 N–H and O–H groups in total. The number of carbonyl (C=O) groups excluding carboxylic acids is 2. The Morgan fingerprint density at radius 2 is 1.91 bits per heavy atom. The van der Waals surface area contributed by atoms with Gasteiger partial charge in [0.05, 0.1) is 50.3 Å². The first-order chi connectivity index (χ1) is 14.8. The molecule has 2 aromatic rings. The first-order valence-electron chi connectivity index (χ1n) is 10.1. The van der Waals surface area contributed by atoms with Crippen molar-refractivity contribution in [1.82, 2.24) is 4.90 Å². The van der Waals surface area contributed by atoms with E-state index in [2.05, 4.69) is 0 Å². The number of fused-ring (bicyclic) bond motifs is 4. The topological polar surface area (TPSA) is 107 Å². The van der Waals surface area contributed by atoms with Crippen LogP contribution in [0, 0.1) is 11.8 Å². The number of aliphatic hydroxyl groups is 1. The molecule has 0 spiro atoms. The molecule has 3 aliphatic heterocycles. The molecule has 5 atom stereocenters. The molecule has 0 saturated carbocycles. The molecule has 7 nitrogen and oxygen atoms in total. The molecule has 0 bridgehead atoms. The van der Waals surface area contributed by atoms with Gasteiger partial charge in [0.25, 0.3) is 0 Å². The van der Waals surface area contributed by atoms with Crippen LogP contribution in [0.15, 0.2) is 63.5 Å². The zero-order valence-corrected chi connectivity index (χ0v) is 20.7. The normalized spacial score (nSPS) is 26.0. The molecule has 2 aromatic carbocycles. The number of nitrogens with zero attached hydrogens (tertiary/aromatic N) is 1. The molecule has 0 radical (unpaired) electrons. The number of hydrogen-bond acceptors (Lipinski definition) is 6. The van der Waals surface area contributed by atoms with Crippen molar-refractivity contribution in [3.8, 4) is 16.9 Å². The van der Waals surface area contributed by atoms with Crippen LogP contribution in [0.3, 0.4) is 0 Å². The number of aliphatic hydroxyl groups excluding tert-OH is 1. The van der Waals surface area contributed by atoms with E-state index >= 15 is 0 Å². The monoisotopic (exact) mass is 461 g/mol. The molecule has 3 heterocycles. The fourth-order valence-corrected chi connectivity index (χ4v) is 6.39. The van der Waals surface area contributed by atoms with Crippen LogP contribution < -0.4 is 39.4 Å². The summed E-state index contributed by atoms with van der Waals surface area (Å²) in [6.07, 6.45) is -0.872. The van der Waals surface area contributed by atoms with E-state index in [4.69, 9.17) is 4.74 Å². The summed E-state index contributed by atoms with van der Waals surface area (Å²) in [5, 5.41) is 21.8. The number of carboxylic acids is 1. The number of rotatable bonds is 5. The van der Waals surface area contributed by atoms with Gasteiger partial charge in [-0.1, -0.05) is 31.2 Å². The summed E-state index contributed by atoms with van der Waals surface area (Å²) in [5.74, 6) is -2.29. The van der Waals surface area contributed by atoms with Crippen LogP contribution in [0.1, 0.15) is 13.8 Å². The van der Waals surface area contributed by atoms with Crippen LogP contribution in [-0.2, 0) is 20.4 Å². The minimum absolute atomic E-state index is 0. The van der Waals surface area contributed by atoms with Crippen molar-refractivity contribution in [2.75, 3.05) is 6.61 Å². The van der Waals surface area contributed by atoms with E-state index in [0.29, 0.717) is 21.1 Å². The Bertz CT molecular complexity index is 1190. The second kappa shape index (κ2) is 8.43. The van der Waals surface area contributed by atoms with E-state index in [9.17, 15) is 24.0 Å². The largest absolute Gasteiger partial charge is 1.00 e. The minimum Gasteiger partial charge on any atom is -0.543 e. The van der Waals surface area contributed by atoms with E-state index in [1.807, 2.05) is 31.2 Å². The van der Waals surface area contributed by atoms with E-state index < -0.39 is 40.7 Å². The molecule has 5 rings (SSSR count). The first-order valence-corrected chi connectivity index (χ1v) is 11.2. The van der Waals surface area contributed by atoms with E-state index in [0.717, 1.165) is 11.1 Å². The minimum atomic E-state index is -1.44. The van der Waals surface area contributed by atoms with Crippen LogP contribution in [0.5, 0.6) is 5.75 Å². The molecule has 5 unspecified atom stereocenters. The van der Waals surface area contributed by atoms with Crippen LogP contribution in [-0.4, -0.2) is 44.8 Å². The summed E-state index contributed by atoms with van der Waals surface area (Å²) < 4.78 is 18.9. The Hall–Kier alpha value is -1.97. The Balaban J connectivity index is 0.00000245. The van der Waals surface area contributed by atoms with E-state index in [-0.39, 0.29) is 47.8 Å². The number of β-lactam (4-membered cyclic amide) rings is 1. The smallest absolute Gasteiger partial charge is 0.543 e. The van der Waals surface area contributed by atoms with Crippen molar-refractivity contribution < 1.29 is 58.3 Å². The van der Waals surface area contributed by atoms with Crippen molar-refractivity contribution in [3.63, 3.8) is 0 Å². The van der Waals surface area contributed by atoms with Crippen molar-refractivity contribution in [3.05, 3.63) is 53.7 Å². The average Bonchev–Trinajstić information content (AvgIpc) is 3.16. The van der Waals surface area contributed by atoms with Gasteiger partial charge in [0.15, 0.2) is 0 Å². The van der Waals surface area contributed by atoms with Crippen LogP contribution in [0.25, 0.3) is 11.1 Å². The second-order valence-electron chi connectivity index (χ2n) is 8.10. The maximum absolute atomic E-state index is 12.8. The molecule has 160 valence electrons. The van der Waals surface area contributed by atoms with E-state index in [1.165, 1.54) is 11.8 Å². The summed E-state index contributed by atoms with van der Waals surface area (Å²) in [6, 6.07) is 12.3. The summed E-state index contributed by atoms with van der Waals surface area (Å²) in [6.45, 7) is 3.31. The van der Waals surface area contributed by atoms with Gasteiger partial charge in [-0.2, -0.15) is 0 Å². The van der Waals surface area contributed by atoms with Gasteiger partial charge in [-0.3, -0.25) is 4.79 Å². The molecule has 32 heavy (non-hydrogen) atoms. The van der Waals surface area contributed by atoms with Crippen molar-refractivity contribution in [2.45, 2.75) is 35.8 Å². The van der Waals surface area contributed by atoms with E-state index in [1.54, 1.807) is 18.2 Å². The van der Waals surface area contributed by atoms with Crippen molar-refractivity contribution in [2.24, 2.45) is 11.8 Å². The van der Waals surface area contributed by atoms with Crippen LogP contribution in [0.2, 0.25) is 0 Å². The quantitative estimate of drug-likeness (QED) is 0.351. The van der Waals surface area contributed by atoms with Gasteiger partial charge >= 0.3 is 29.6 Å². The van der Waals surface area contributed by atoms with Gasteiger partial charge in [-0.05, 0) is 30.7 Å². The molecule has 0 aromatic heterocycles. The molecule has 0 aliphatic carbocycles. The molecule has 3 aliphatic rings. The van der Waals surface area contributed by atoms with Crippen LogP contribution in [0.4, 0.5) is 0 Å². The number of benzene rings is 2. The number of hydrogen-bond donors (Lipinski definition) is 1. The first kappa shape index (κ1) is 23.2. The molecule has 1 saturated heterocycles. The fourth-order valence-electron chi connectivity index (χ4n) is 4.98. The zero-order valence-electron chi connectivity index (χ0n) is 17.9. The zero-order chi connectivity index (χ0) is 22.0. The van der Waals surface area contributed by atoms with Gasteiger partial charge < -0.3 is 24.6 Å². The number of carboxylic acid groups (broad SMARTS) is 1. The summed E-state index contributed by atoms with van der Waals surface area (Å²) in [5.41, 5.74) is 1.84. The third kappa shape index (κ3) is 3.20. The number of ether oxygens (including phenoxy) is 1. The molecular weight excluding hydrogens is 441 g/mol. The second-order valence-corrected chi connectivity index (χ2v) is 9.52. The summed E-state index contributed by atoms with van der Waals surface area (Å²) in [7, 11) is -1.30. The standard InChI is InChI=1S/C23H21NO6S.Na/c1-11-14(21(23(27)28)24-20(11)18(12(2)25)22(24)26)10-30-15-7-5-9-17-19(15)13-6-3-4-8-16(13)31(17)29;/h3-9,11-12,18,20,25H,10H2,1-2H3,(H,27,28);/q;+1/p-1. The van der Waals surface area contributed by atoms with Crippen molar-refractivity contribution in [1.29, 1.82) is 0 Å². The maximum Gasteiger partial charge on any atom is 1.00 e. The van der Waals surface area contributed by atoms with Gasteiger partial charge in [0, 0.05) is 17.0 Å². The molecule has 1 amide bonds. The number of aliphatic carboxylic acids is 1. The Labute approximate surface area is 209 Å². The summed E-state index contributed by atoms with van der Waals surface area (Å²) in [4.78, 5) is 26.9. The SMILES string of the molecule is CC(O)C1C(=O)N2C(C(=O)[O-])=C(COc3cccc4c3-c3ccccc3S4=O)C(C)C12.[Na+]. The Kier molecular flexibility index (Phi) is 6.11. The van der Waals surface area contributed by atoms with Crippen LogP contribution >= 0.6 is 0 Å². The third-order valence-corrected chi connectivity index (χ3v) is 7.93. The fraction of sp³-hybridized carbons (Fsp3) is 0.304. The predicted octanol–water partition coefficient (Wildman–Crippen LogP) is -1.92. The van der Waals surface area contributed by atoms with Gasteiger partial charge in [0.1, 0.15) is 12.4 Å². The Morgan fingerprint density at radius 3 is 2.59 bits per heavy atom. The van der Waals surface area contributed by atoms with Gasteiger partial charge in [-0.25, -0.2) is 4.21 Å². The third-order valence-electron chi connectivity index (χ3n) is 6.44. The van der Waals surface area contributed by atoms with Crippen molar-refractivity contribution >= 4 is 22.7 Å². The maximum atomic E-state index is 12.8. The van der Waals surface area contributed by atoms with Gasteiger partial charge in [0.2, 0.25) is 5.91 Å². The number of carbonyl (C=O) groups is 2. The van der Waals surface area contributed by atoms with Gasteiger partial charge in [-0.15, -0.1) is 0 Å². The predicted molar refractivity (Wildman–Crippen MR) is 109 cm³/mol. The Morgan fingerprint density at radius 1 is 1.22 bits per heavy atom. The molecular formula is C23H20NNaO6S.